The average molecular weight is 527 g/mol. The molecule has 0 saturated heterocycles. The van der Waals surface area contributed by atoms with E-state index in [0.29, 0.717) is 35.7 Å². The summed E-state index contributed by atoms with van der Waals surface area (Å²) in [4.78, 5) is 34.1. The third kappa shape index (κ3) is 7.51. The number of hydrogen-bond acceptors (Lipinski definition) is 7. The Balaban J connectivity index is 1.97. The number of ether oxygens (including phenoxy) is 1. The minimum Gasteiger partial charge on any atom is -0.488 e. The molecule has 194 valence electrons. The summed E-state index contributed by atoms with van der Waals surface area (Å²) in [6.45, 7) is 5.66. The Kier molecular flexibility index (Phi) is 9.57. The van der Waals surface area contributed by atoms with E-state index in [9.17, 15) is 14.0 Å². The number of aromatic nitrogens is 3. The minimum atomic E-state index is -0.740. The van der Waals surface area contributed by atoms with Crippen molar-refractivity contribution >= 4 is 28.9 Å². The summed E-state index contributed by atoms with van der Waals surface area (Å²) >= 11 is 5.99. The van der Waals surface area contributed by atoms with Crippen LogP contribution in [0.4, 0.5) is 16.0 Å². The number of aliphatic imine (C=N–C) groups is 1. The molecule has 3 aromatic rings. The van der Waals surface area contributed by atoms with Gasteiger partial charge in [0.2, 0.25) is 12.1 Å². The summed E-state index contributed by atoms with van der Waals surface area (Å²) in [5.41, 5.74) is 0.421. The van der Waals surface area contributed by atoms with Crippen LogP contribution in [0.5, 0.6) is 5.75 Å². The summed E-state index contributed by atoms with van der Waals surface area (Å²) < 4.78 is 22.3. The van der Waals surface area contributed by atoms with Crippen molar-refractivity contribution in [2.24, 2.45) is 4.99 Å². The van der Waals surface area contributed by atoms with Gasteiger partial charge in [-0.1, -0.05) is 30.7 Å². The Morgan fingerprint density at radius 1 is 1.22 bits per heavy atom. The van der Waals surface area contributed by atoms with Crippen LogP contribution >= 0.6 is 11.6 Å². The van der Waals surface area contributed by atoms with E-state index in [1.807, 2.05) is 6.92 Å². The van der Waals surface area contributed by atoms with Gasteiger partial charge in [-0.2, -0.15) is 15.2 Å². The number of benzene rings is 2. The Morgan fingerprint density at radius 3 is 2.57 bits per heavy atom. The van der Waals surface area contributed by atoms with Gasteiger partial charge in [-0.05, 0) is 62.9 Å². The normalized spacial score (nSPS) is 11.4. The topological polar surface area (TPSA) is 114 Å². The molecule has 9 nitrogen and oxygen atoms in total. The highest BCUT2D eigenvalue weighted by atomic mass is 35.5. The van der Waals surface area contributed by atoms with Gasteiger partial charge in [-0.3, -0.25) is 4.57 Å². The Bertz CT molecular complexity index is 1420. The Labute approximate surface area is 218 Å². The molecule has 0 aliphatic rings. The molecule has 0 aliphatic heterocycles. The fourth-order valence-corrected chi connectivity index (χ4v) is 3.74. The zero-order chi connectivity index (χ0) is 26.9. The van der Waals surface area contributed by atoms with Crippen molar-refractivity contribution in [2.45, 2.75) is 59.2 Å². The van der Waals surface area contributed by atoms with Crippen LogP contribution in [0.25, 0.3) is 0 Å². The van der Waals surface area contributed by atoms with E-state index in [4.69, 9.17) is 21.6 Å². The van der Waals surface area contributed by atoms with E-state index in [1.165, 1.54) is 16.7 Å². The molecule has 0 aliphatic carbocycles. The van der Waals surface area contributed by atoms with E-state index >= 15 is 0 Å². The smallest absolute Gasteiger partial charge is 0.354 e. The molecule has 0 amide bonds. The molecule has 1 N–H and O–H groups in total. The largest absolute Gasteiger partial charge is 0.488 e. The fourth-order valence-electron chi connectivity index (χ4n) is 3.61. The van der Waals surface area contributed by atoms with Crippen LogP contribution in [0.2, 0.25) is 5.02 Å². The number of nitrogens with zero attached hydrogens (tertiary/aromatic N) is 5. The van der Waals surface area contributed by atoms with Crippen molar-refractivity contribution in [3.63, 3.8) is 0 Å². The molecule has 0 radical (unpaired) electrons. The van der Waals surface area contributed by atoms with Gasteiger partial charge >= 0.3 is 11.4 Å². The molecule has 1 aromatic heterocycles. The molecule has 11 heteroatoms. The second kappa shape index (κ2) is 12.8. The van der Waals surface area contributed by atoms with Gasteiger partial charge in [0.15, 0.2) is 11.6 Å². The summed E-state index contributed by atoms with van der Waals surface area (Å²) in [7, 11) is 0. The van der Waals surface area contributed by atoms with Gasteiger partial charge in [-0.25, -0.2) is 18.5 Å². The molecule has 0 unspecified atom stereocenters. The molecule has 37 heavy (non-hydrogen) atoms. The number of anilines is 2. The van der Waals surface area contributed by atoms with Crippen LogP contribution in [-0.4, -0.2) is 25.9 Å². The van der Waals surface area contributed by atoms with Crippen LogP contribution in [0.15, 0.2) is 57.0 Å². The molecular formula is C26H28ClFN6O3. The third-order valence-electron chi connectivity index (χ3n) is 5.42. The van der Waals surface area contributed by atoms with E-state index in [0.717, 1.165) is 10.1 Å². The Morgan fingerprint density at radius 2 is 1.95 bits per heavy atom. The van der Waals surface area contributed by atoms with E-state index in [2.05, 4.69) is 15.3 Å². The number of rotatable bonds is 11. The molecule has 3 rings (SSSR count). The lowest BCUT2D eigenvalue weighted by atomic mass is 10.1. The molecule has 0 spiro atoms. The lowest BCUT2D eigenvalue weighted by Crippen LogP contribution is -2.42. The number of nitriles is 1. The maximum Gasteiger partial charge on any atom is 0.354 e. The second-order valence-electron chi connectivity index (χ2n) is 8.54. The van der Waals surface area contributed by atoms with Crippen molar-refractivity contribution in [1.29, 1.82) is 5.26 Å². The summed E-state index contributed by atoms with van der Waals surface area (Å²) in [6.07, 6.45) is 3.07. The second-order valence-corrected chi connectivity index (χ2v) is 8.97. The first-order valence-corrected chi connectivity index (χ1v) is 12.2. The van der Waals surface area contributed by atoms with Crippen molar-refractivity contribution in [2.75, 3.05) is 5.32 Å². The maximum atomic E-state index is 14.5. The highest BCUT2D eigenvalue weighted by Gasteiger charge is 2.16. The van der Waals surface area contributed by atoms with E-state index < -0.39 is 17.2 Å². The van der Waals surface area contributed by atoms with Crippen molar-refractivity contribution in [3.8, 4) is 11.9 Å². The molecular weight excluding hydrogens is 499 g/mol. The zero-order valence-corrected chi connectivity index (χ0v) is 21.6. The first-order valence-electron chi connectivity index (χ1n) is 11.9. The lowest BCUT2D eigenvalue weighted by molar-refractivity contribution is 0.231. The SMILES string of the molecule is CCC(CCCn1c(=O)nc(Nc2ccc(OC(C)C)c(F)c2)n(Cc2ccc(Cl)cc2)c1=O)=NC#N. The van der Waals surface area contributed by atoms with Gasteiger partial charge in [0.25, 0.3) is 0 Å². The average Bonchev–Trinajstić information content (AvgIpc) is 2.85. The predicted molar refractivity (Wildman–Crippen MR) is 141 cm³/mol. The number of nitrogens with one attached hydrogen (secondary N) is 1. The van der Waals surface area contributed by atoms with E-state index in [1.54, 1.807) is 50.4 Å². The predicted octanol–water partition coefficient (Wildman–Crippen LogP) is 4.89. The highest BCUT2D eigenvalue weighted by Crippen LogP contribution is 2.24. The van der Waals surface area contributed by atoms with Crippen LogP contribution in [-0.2, 0) is 13.1 Å². The van der Waals surface area contributed by atoms with Gasteiger partial charge in [0, 0.05) is 29.0 Å². The summed E-state index contributed by atoms with van der Waals surface area (Å²) in [6, 6.07) is 11.2. The first-order chi connectivity index (χ1) is 17.7. The van der Waals surface area contributed by atoms with Crippen molar-refractivity contribution < 1.29 is 9.13 Å². The van der Waals surface area contributed by atoms with Crippen LogP contribution in [0.1, 0.15) is 45.6 Å². The zero-order valence-electron chi connectivity index (χ0n) is 20.9. The van der Waals surface area contributed by atoms with Gasteiger partial charge in [0.05, 0.1) is 12.6 Å². The van der Waals surface area contributed by atoms with Gasteiger partial charge in [0.1, 0.15) is 0 Å². The summed E-state index contributed by atoms with van der Waals surface area (Å²) in [5, 5.41) is 12.2. The summed E-state index contributed by atoms with van der Waals surface area (Å²) in [5.74, 6) is -0.531. The van der Waals surface area contributed by atoms with Crippen molar-refractivity contribution in [1.82, 2.24) is 14.1 Å². The van der Waals surface area contributed by atoms with Gasteiger partial charge in [-0.15, -0.1) is 0 Å². The maximum absolute atomic E-state index is 14.5. The molecule has 2 aromatic carbocycles. The number of hydrogen-bond donors (Lipinski definition) is 1. The number of halogens is 2. The quantitative estimate of drug-likeness (QED) is 0.281. The first kappa shape index (κ1) is 27.6. The molecule has 0 bridgehead atoms. The molecule has 1 heterocycles. The fraction of sp³-hybridized carbons (Fsp3) is 0.346. The molecule has 0 atom stereocenters. The van der Waals surface area contributed by atoms with Crippen LogP contribution in [0, 0.1) is 17.3 Å². The highest BCUT2D eigenvalue weighted by molar-refractivity contribution is 6.30. The molecule has 0 fully saturated rings. The third-order valence-corrected chi connectivity index (χ3v) is 5.67. The van der Waals surface area contributed by atoms with Crippen molar-refractivity contribution in [3.05, 3.63) is 79.8 Å². The minimum absolute atomic E-state index is 0.0292. The van der Waals surface area contributed by atoms with E-state index in [-0.39, 0.29) is 30.9 Å². The van der Waals surface area contributed by atoms with Gasteiger partial charge < -0.3 is 10.1 Å². The van der Waals surface area contributed by atoms with Crippen LogP contribution in [0.3, 0.4) is 0 Å². The van der Waals surface area contributed by atoms with Crippen LogP contribution < -0.4 is 21.4 Å². The standard InChI is InChI=1S/C26H28ClFN6O3/c1-4-20(30-16-29)6-5-13-33-25(35)32-24(31-21-11-12-23(22(28)14-21)37-17(2)3)34(26(33)36)15-18-7-9-19(27)10-8-18/h7-12,14,17H,4-6,13,15H2,1-3H3,(H,31,32,35). The lowest BCUT2D eigenvalue weighted by Gasteiger charge is -2.16. The Hall–Kier alpha value is -3.97. The molecule has 0 saturated carbocycles. The monoisotopic (exact) mass is 526 g/mol.